The minimum Gasteiger partial charge on any atom is -0.495 e. The summed E-state index contributed by atoms with van der Waals surface area (Å²) in [6, 6.07) is 3.28. The van der Waals surface area contributed by atoms with Gasteiger partial charge in [-0.25, -0.2) is 0 Å². The van der Waals surface area contributed by atoms with E-state index >= 15 is 0 Å². The van der Waals surface area contributed by atoms with Gasteiger partial charge in [0.15, 0.2) is 0 Å². The first-order valence-corrected chi connectivity index (χ1v) is 9.42. The first-order chi connectivity index (χ1) is 12.5. The highest BCUT2D eigenvalue weighted by molar-refractivity contribution is 6.32. The molecule has 1 aliphatic heterocycles. The molecule has 1 aromatic rings. The Kier molecular flexibility index (Phi) is 5.91. The number of anilines is 1. The third-order valence-electron chi connectivity index (χ3n) is 5.36. The van der Waals surface area contributed by atoms with Crippen molar-refractivity contribution in [2.45, 2.75) is 32.1 Å². The Bertz CT molecular complexity index is 682. The highest BCUT2D eigenvalue weighted by atomic mass is 35.5. The van der Waals surface area contributed by atoms with Crippen LogP contribution < -0.4 is 14.8 Å². The SMILES string of the molecule is COc1cc(NC(=O)C2CCN(C(=O)C3CCC3)CC2)c(OC)cc1Cl. The van der Waals surface area contributed by atoms with Gasteiger partial charge >= 0.3 is 0 Å². The first kappa shape index (κ1) is 18.8. The van der Waals surface area contributed by atoms with Crippen molar-refractivity contribution in [3.05, 3.63) is 17.2 Å². The van der Waals surface area contributed by atoms with Crippen molar-refractivity contribution in [1.29, 1.82) is 0 Å². The molecule has 1 saturated carbocycles. The highest BCUT2D eigenvalue weighted by Gasteiger charge is 2.33. The molecular weight excluding hydrogens is 356 g/mol. The van der Waals surface area contributed by atoms with Crippen LogP contribution in [0, 0.1) is 11.8 Å². The largest absolute Gasteiger partial charge is 0.495 e. The third kappa shape index (κ3) is 3.90. The summed E-state index contributed by atoms with van der Waals surface area (Å²) in [6.45, 7) is 1.29. The number of methoxy groups -OCH3 is 2. The highest BCUT2D eigenvalue weighted by Crippen LogP contribution is 2.36. The van der Waals surface area contributed by atoms with Gasteiger partial charge in [-0.1, -0.05) is 18.0 Å². The maximum Gasteiger partial charge on any atom is 0.227 e. The van der Waals surface area contributed by atoms with E-state index in [9.17, 15) is 9.59 Å². The van der Waals surface area contributed by atoms with Crippen LogP contribution in [0.25, 0.3) is 0 Å². The normalized spacial score (nSPS) is 18.2. The molecule has 0 atom stereocenters. The minimum absolute atomic E-state index is 0.0663. The molecule has 1 saturated heterocycles. The lowest BCUT2D eigenvalue weighted by Gasteiger charge is -2.36. The maximum atomic E-state index is 12.7. The summed E-state index contributed by atoms with van der Waals surface area (Å²) in [7, 11) is 3.05. The Morgan fingerprint density at radius 2 is 1.69 bits per heavy atom. The van der Waals surface area contributed by atoms with Crippen LogP contribution in [0.3, 0.4) is 0 Å². The second-order valence-corrected chi connectivity index (χ2v) is 7.31. The first-order valence-electron chi connectivity index (χ1n) is 9.04. The molecular formula is C19H25ClN2O4. The van der Waals surface area contributed by atoms with Crippen LogP contribution in [0.5, 0.6) is 11.5 Å². The quantitative estimate of drug-likeness (QED) is 0.850. The van der Waals surface area contributed by atoms with Crippen molar-refractivity contribution in [2.24, 2.45) is 11.8 Å². The van der Waals surface area contributed by atoms with Crippen molar-refractivity contribution >= 4 is 29.1 Å². The van der Waals surface area contributed by atoms with E-state index in [1.54, 1.807) is 12.1 Å². The fourth-order valence-electron chi connectivity index (χ4n) is 3.47. The number of benzene rings is 1. The van der Waals surface area contributed by atoms with Crippen LogP contribution in [0.4, 0.5) is 5.69 Å². The predicted octanol–water partition coefficient (Wildman–Crippen LogP) is 3.33. The number of nitrogens with zero attached hydrogens (tertiary/aromatic N) is 1. The van der Waals surface area contributed by atoms with E-state index in [4.69, 9.17) is 21.1 Å². The fourth-order valence-corrected chi connectivity index (χ4v) is 3.70. The van der Waals surface area contributed by atoms with Gasteiger partial charge in [0.2, 0.25) is 11.8 Å². The monoisotopic (exact) mass is 380 g/mol. The number of nitrogens with one attached hydrogen (secondary N) is 1. The molecule has 0 spiro atoms. The fraction of sp³-hybridized carbons (Fsp3) is 0.579. The van der Waals surface area contributed by atoms with E-state index < -0.39 is 0 Å². The van der Waals surface area contributed by atoms with Gasteiger partial charge in [0.05, 0.1) is 24.9 Å². The molecule has 2 fully saturated rings. The topological polar surface area (TPSA) is 67.9 Å². The van der Waals surface area contributed by atoms with E-state index in [2.05, 4.69) is 5.32 Å². The van der Waals surface area contributed by atoms with Gasteiger partial charge in [-0.2, -0.15) is 0 Å². The lowest BCUT2D eigenvalue weighted by molar-refractivity contribution is -0.140. The molecule has 2 aliphatic rings. The Morgan fingerprint density at radius 1 is 1.04 bits per heavy atom. The van der Waals surface area contributed by atoms with Gasteiger partial charge in [0.25, 0.3) is 0 Å². The van der Waals surface area contributed by atoms with Gasteiger partial charge < -0.3 is 19.7 Å². The molecule has 1 N–H and O–H groups in total. The van der Waals surface area contributed by atoms with Crippen LogP contribution in [-0.4, -0.2) is 44.0 Å². The van der Waals surface area contributed by atoms with Gasteiger partial charge in [-0.05, 0) is 25.7 Å². The number of ether oxygens (including phenoxy) is 2. The second-order valence-electron chi connectivity index (χ2n) is 6.90. The molecule has 7 heteroatoms. The number of amides is 2. The summed E-state index contributed by atoms with van der Waals surface area (Å²) in [4.78, 5) is 26.9. The minimum atomic E-state index is -0.119. The number of hydrogen-bond acceptors (Lipinski definition) is 4. The summed E-state index contributed by atoms with van der Waals surface area (Å²) in [5.41, 5.74) is 0.534. The number of likely N-dealkylation sites (tertiary alicyclic amines) is 1. The van der Waals surface area contributed by atoms with Crippen molar-refractivity contribution in [1.82, 2.24) is 4.90 Å². The molecule has 1 heterocycles. The molecule has 0 aromatic heterocycles. The summed E-state index contributed by atoms with van der Waals surface area (Å²) in [6.07, 6.45) is 4.53. The van der Waals surface area contributed by atoms with E-state index in [0.29, 0.717) is 48.1 Å². The Labute approximate surface area is 158 Å². The number of carbonyl (C=O) groups is 2. The number of rotatable bonds is 5. The average Bonchev–Trinajstić information content (AvgIpc) is 2.61. The molecule has 26 heavy (non-hydrogen) atoms. The zero-order valence-corrected chi connectivity index (χ0v) is 16.0. The standard InChI is InChI=1S/C19H25ClN2O4/c1-25-16-11-15(17(26-2)10-14(16)20)21-18(23)12-6-8-22(9-7-12)19(24)13-4-3-5-13/h10-13H,3-9H2,1-2H3,(H,21,23). The van der Waals surface area contributed by atoms with E-state index in [0.717, 1.165) is 19.3 Å². The third-order valence-corrected chi connectivity index (χ3v) is 5.66. The van der Waals surface area contributed by atoms with Crippen molar-refractivity contribution in [2.75, 3.05) is 32.6 Å². The van der Waals surface area contributed by atoms with E-state index in [1.807, 2.05) is 4.90 Å². The molecule has 1 aromatic carbocycles. The Hall–Kier alpha value is -1.95. The number of halogens is 1. The van der Waals surface area contributed by atoms with Crippen LogP contribution >= 0.6 is 11.6 Å². The molecule has 1 aliphatic carbocycles. The van der Waals surface area contributed by atoms with Gasteiger partial charge in [0.1, 0.15) is 11.5 Å². The smallest absolute Gasteiger partial charge is 0.227 e. The Balaban J connectivity index is 1.60. The van der Waals surface area contributed by atoms with Crippen LogP contribution in [-0.2, 0) is 9.59 Å². The van der Waals surface area contributed by atoms with Crippen molar-refractivity contribution in [3.8, 4) is 11.5 Å². The molecule has 2 amide bonds. The molecule has 0 radical (unpaired) electrons. The molecule has 3 rings (SSSR count). The summed E-state index contributed by atoms with van der Waals surface area (Å²) >= 11 is 6.10. The van der Waals surface area contributed by atoms with Gasteiger partial charge in [0, 0.05) is 37.1 Å². The summed E-state index contributed by atoms with van der Waals surface area (Å²) < 4.78 is 10.5. The van der Waals surface area contributed by atoms with Crippen LogP contribution in [0.2, 0.25) is 5.02 Å². The van der Waals surface area contributed by atoms with E-state index in [1.165, 1.54) is 14.2 Å². The predicted molar refractivity (Wildman–Crippen MR) is 99.8 cm³/mol. The Morgan fingerprint density at radius 3 is 2.23 bits per heavy atom. The van der Waals surface area contributed by atoms with Gasteiger partial charge in [-0.3, -0.25) is 9.59 Å². The van der Waals surface area contributed by atoms with Crippen LogP contribution in [0.1, 0.15) is 32.1 Å². The number of hydrogen-bond donors (Lipinski definition) is 1. The van der Waals surface area contributed by atoms with Crippen LogP contribution in [0.15, 0.2) is 12.1 Å². The molecule has 0 bridgehead atoms. The zero-order valence-electron chi connectivity index (χ0n) is 15.2. The number of carbonyl (C=O) groups excluding carboxylic acids is 2. The maximum absolute atomic E-state index is 12.7. The number of piperidine rings is 1. The summed E-state index contributed by atoms with van der Waals surface area (Å²) in [5.74, 6) is 1.26. The zero-order chi connectivity index (χ0) is 18.7. The molecule has 6 nitrogen and oxygen atoms in total. The van der Waals surface area contributed by atoms with E-state index in [-0.39, 0.29) is 23.7 Å². The lowest BCUT2D eigenvalue weighted by atomic mass is 9.83. The van der Waals surface area contributed by atoms with Crippen molar-refractivity contribution in [3.63, 3.8) is 0 Å². The summed E-state index contributed by atoms with van der Waals surface area (Å²) in [5, 5.41) is 3.34. The second kappa shape index (κ2) is 8.16. The average molecular weight is 381 g/mol. The van der Waals surface area contributed by atoms with Crippen molar-refractivity contribution < 1.29 is 19.1 Å². The lowest BCUT2D eigenvalue weighted by Crippen LogP contribution is -2.45. The molecule has 142 valence electrons. The van der Waals surface area contributed by atoms with Gasteiger partial charge in [-0.15, -0.1) is 0 Å². The molecule has 0 unspecified atom stereocenters.